The summed E-state index contributed by atoms with van der Waals surface area (Å²) < 4.78 is 42.6. The summed E-state index contributed by atoms with van der Waals surface area (Å²) in [6, 6.07) is 5.93. The highest BCUT2D eigenvalue weighted by Crippen LogP contribution is 2.22. The number of nitrogens with one attached hydrogen (secondary N) is 2. The monoisotopic (exact) mass is 412 g/mol. The molecule has 1 heterocycles. The molecule has 0 aliphatic rings. The minimum absolute atomic E-state index is 0.227. The third-order valence-corrected chi connectivity index (χ3v) is 4.23. The first-order valence-electron chi connectivity index (χ1n) is 9.57. The molecule has 1 aromatic heterocycles. The summed E-state index contributed by atoms with van der Waals surface area (Å²) in [5, 5.41) is 14.6. The number of hydrogen-bond donors (Lipinski definition) is 2. The first kappa shape index (κ1) is 22.5. The van der Waals surface area contributed by atoms with Crippen LogP contribution in [0, 0.1) is 0 Å². The van der Waals surface area contributed by atoms with Crippen molar-refractivity contribution in [2.24, 2.45) is 4.99 Å². The number of benzene rings is 1. The van der Waals surface area contributed by atoms with E-state index in [-0.39, 0.29) is 11.8 Å². The van der Waals surface area contributed by atoms with E-state index in [9.17, 15) is 13.2 Å². The number of alkyl halides is 3. The van der Waals surface area contributed by atoms with E-state index in [2.05, 4.69) is 44.4 Å². The first-order chi connectivity index (χ1) is 13.8. The maximum Gasteiger partial charge on any atom is 0.573 e. The Morgan fingerprint density at radius 1 is 1.24 bits per heavy atom. The molecule has 0 bridgehead atoms. The lowest BCUT2D eigenvalue weighted by Crippen LogP contribution is -2.43. The Balaban J connectivity index is 1.96. The molecule has 1 atom stereocenters. The Morgan fingerprint density at radius 2 is 1.97 bits per heavy atom. The van der Waals surface area contributed by atoms with Crippen molar-refractivity contribution >= 4 is 5.96 Å². The molecule has 29 heavy (non-hydrogen) atoms. The molecule has 0 aliphatic heterocycles. The molecule has 0 saturated carbocycles. The van der Waals surface area contributed by atoms with Crippen LogP contribution in [0.2, 0.25) is 0 Å². The fourth-order valence-electron chi connectivity index (χ4n) is 2.49. The second kappa shape index (κ2) is 10.7. The quantitative estimate of drug-likeness (QED) is 0.488. The van der Waals surface area contributed by atoms with Gasteiger partial charge in [0, 0.05) is 25.6 Å². The van der Waals surface area contributed by atoms with Crippen LogP contribution in [0.4, 0.5) is 13.2 Å². The zero-order valence-electron chi connectivity index (χ0n) is 16.8. The summed E-state index contributed by atoms with van der Waals surface area (Å²) in [6.45, 7) is 7.79. The third-order valence-electron chi connectivity index (χ3n) is 4.23. The Hall–Kier alpha value is -2.78. The lowest BCUT2D eigenvalue weighted by atomic mass is 10.2. The molecule has 10 heteroatoms. The van der Waals surface area contributed by atoms with Crippen LogP contribution in [0.1, 0.15) is 38.6 Å². The number of aryl methyl sites for hydroxylation is 1. The van der Waals surface area contributed by atoms with Crippen LogP contribution in [0.5, 0.6) is 5.75 Å². The topological polar surface area (TPSA) is 76.4 Å². The molecular weight excluding hydrogens is 385 g/mol. The normalized spacial score (nSPS) is 13.2. The number of aliphatic imine (C=N–C) groups is 1. The van der Waals surface area contributed by atoms with Gasteiger partial charge in [0.05, 0.1) is 6.54 Å². The highest BCUT2D eigenvalue weighted by atomic mass is 19.4. The lowest BCUT2D eigenvalue weighted by Gasteiger charge is -2.17. The van der Waals surface area contributed by atoms with E-state index in [0.29, 0.717) is 25.6 Å². The Labute approximate surface area is 168 Å². The summed E-state index contributed by atoms with van der Waals surface area (Å²) in [5.74, 6) is 1.31. The summed E-state index contributed by atoms with van der Waals surface area (Å²) in [5.41, 5.74) is 0.775. The highest BCUT2D eigenvalue weighted by molar-refractivity contribution is 5.80. The lowest BCUT2D eigenvalue weighted by molar-refractivity contribution is -0.274. The van der Waals surface area contributed by atoms with Crippen molar-refractivity contribution in [2.75, 3.05) is 6.54 Å². The van der Waals surface area contributed by atoms with Gasteiger partial charge >= 0.3 is 6.36 Å². The smallest absolute Gasteiger partial charge is 0.406 e. The number of aromatic nitrogens is 3. The van der Waals surface area contributed by atoms with E-state index >= 15 is 0 Å². The van der Waals surface area contributed by atoms with Crippen LogP contribution in [-0.4, -0.2) is 39.7 Å². The molecule has 2 N–H and O–H groups in total. The largest absolute Gasteiger partial charge is 0.573 e. The van der Waals surface area contributed by atoms with E-state index in [1.54, 1.807) is 18.5 Å². The predicted molar refractivity (Wildman–Crippen MR) is 105 cm³/mol. The molecule has 0 saturated heterocycles. The van der Waals surface area contributed by atoms with Crippen LogP contribution in [0.15, 0.2) is 35.6 Å². The zero-order chi connectivity index (χ0) is 21.3. The van der Waals surface area contributed by atoms with Gasteiger partial charge in [-0.05, 0) is 31.0 Å². The molecule has 0 amide bonds. The van der Waals surface area contributed by atoms with Gasteiger partial charge in [-0.1, -0.05) is 26.0 Å². The maximum atomic E-state index is 12.2. The van der Waals surface area contributed by atoms with Crippen LogP contribution in [-0.2, 0) is 19.5 Å². The van der Waals surface area contributed by atoms with E-state index in [4.69, 9.17) is 0 Å². The van der Waals surface area contributed by atoms with Gasteiger partial charge in [-0.15, -0.1) is 23.4 Å². The van der Waals surface area contributed by atoms with Gasteiger partial charge in [0.15, 0.2) is 5.96 Å². The summed E-state index contributed by atoms with van der Waals surface area (Å²) in [4.78, 5) is 4.54. The van der Waals surface area contributed by atoms with Gasteiger partial charge in [0.25, 0.3) is 0 Å². The number of guanidine groups is 1. The Morgan fingerprint density at radius 3 is 2.59 bits per heavy atom. The number of ether oxygens (including phenoxy) is 1. The van der Waals surface area contributed by atoms with Crippen LogP contribution >= 0.6 is 0 Å². The van der Waals surface area contributed by atoms with Crippen molar-refractivity contribution in [3.05, 3.63) is 42.0 Å². The average molecular weight is 412 g/mol. The number of nitrogens with zero attached hydrogens (tertiary/aromatic N) is 4. The van der Waals surface area contributed by atoms with E-state index in [0.717, 1.165) is 24.2 Å². The first-order valence-corrected chi connectivity index (χ1v) is 9.57. The standard InChI is InChI=1S/C19H27F3N6O/c1-4-14(3)26-18(23-10-11-28-13-25-27-17(28)5-2)24-12-15-6-8-16(9-7-15)29-19(20,21)22/h6-9,13-14H,4-5,10-12H2,1-3H3,(H2,23,24,26). The zero-order valence-corrected chi connectivity index (χ0v) is 16.8. The third kappa shape index (κ3) is 8.00. The van der Waals surface area contributed by atoms with Crippen molar-refractivity contribution in [2.45, 2.75) is 59.1 Å². The molecule has 160 valence electrons. The molecule has 0 aliphatic carbocycles. The van der Waals surface area contributed by atoms with Gasteiger partial charge in [-0.25, -0.2) is 4.99 Å². The highest BCUT2D eigenvalue weighted by Gasteiger charge is 2.30. The van der Waals surface area contributed by atoms with Crippen molar-refractivity contribution in [1.29, 1.82) is 0 Å². The summed E-state index contributed by atoms with van der Waals surface area (Å²) in [7, 11) is 0. The molecule has 0 fully saturated rings. The van der Waals surface area contributed by atoms with E-state index in [1.807, 2.05) is 11.5 Å². The van der Waals surface area contributed by atoms with Crippen LogP contribution in [0.3, 0.4) is 0 Å². The van der Waals surface area contributed by atoms with Crippen molar-refractivity contribution in [3.63, 3.8) is 0 Å². The molecular formula is C19H27F3N6O. The predicted octanol–water partition coefficient (Wildman–Crippen LogP) is 3.27. The Bertz CT molecular complexity index is 773. The number of rotatable bonds is 9. The maximum absolute atomic E-state index is 12.2. The molecule has 7 nitrogen and oxygen atoms in total. The molecule has 2 rings (SSSR count). The molecule has 1 aromatic carbocycles. The van der Waals surface area contributed by atoms with Gasteiger partial charge in [-0.2, -0.15) is 0 Å². The van der Waals surface area contributed by atoms with Gasteiger partial charge < -0.3 is 19.9 Å². The van der Waals surface area contributed by atoms with Crippen molar-refractivity contribution < 1.29 is 17.9 Å². The van der Waals surface area contributed by atoms with Crippen LogP contribution < -0.4 is 15.4 Å². The molecule has 0 radical (unpaired) electrons. The Kier molecular flexibility index (Phi) is 8.29. The molecule has 1 unspecified atom stereocenters. The number of halogens is 3. The molecule has 0 spiro atoms. The van der Waals surface area contributed by atoms with E-state index < -0.39 is 6.36 Å². The minimum Gasteiger partial charge on any atom is -0.406 e. The van der Waals surface area contributed by atoms with Gasteiger partial charge in [0.2, 0.25) is 0 Å². The summed E-state index contributed by atoms with van der Waals surface area (Å²) in [6.07, 6.45) is -1.26. The summed E-state index contributed by atoms with van der Waals surface area (Å²) >= 11 is 0. The minimum atomic E-state index is -4.70. The van der Waals surface area contributed by atoms with Crippen molar-refractivity contribution in [1.82, 2.24) is 25.4 Å². The number of hydrogen-bond acceptors (Lipinski definition) is 4. The van der Waals surface area contributed by atoms with Gasteiger partial charge in [-0.3, -0.25) is 0 Å². The van der Waals surface area contributed by atoms with Gasteiger partial charge in [0.1, 0.15) is 17.9 Å². The van der Waals surface area contributed by atoms with Crippen molar-refractivity contribution in [3.8, 4) is 5.75 Å². The SMILES string of the molecule is CCc1nncn1CCNC(=NCc1ccc(OC(F)(F)F)cc1)NC(C)CC. The van der Waals surface area contributed by atoms with E-state index in [1.165, 1.54) is 12.1 Å². The molecule has 2 aromatic rings. The fraction of sp³-hybridized carbons (Fsp3) is 0.526. The second-order valence-electron chi connectivity index (χ2n) is 6.53. The fourth-order valence-corrected chi connectivity index (χ4v) is 2.49. The van der Waals surface area contributed by atoms with Crippen LogP contribution in [0.25, 0.3) is 0 Å². The average Bonchev–Trinajstić information content (AvgIpc) is 3.13. The second-order valence-corrected chi connectivity index (χ2v) is 6.53.